The van der Waals surface area contributed by atoms with E-state index in [1.165, 1.54) is 18.2 Å². The summed E-state index contributed by atoms with van der Waals surface area (Å²) < 4.78 is 0. The number of amides is 1. The van der Waals surface area contributed by atoms with E-state index in [2.05, 4.69) is 5.32 Å². The third kappa shape index (κ3) is 4.06. The van der Waals surface area contributed by atoms with Gasteiger partial charge >= 0.3 is 0 Å². The molecule has 7 heteroatoms. The van der Waals surface area contributed by atoms with Crippen molar-refractivity contribution in [3.63, 3.8) is 0 Å². The molecule has 0 aliphatic carbocycles. The van der Waals surface area contributed by atoms with Crippen molar-refractivity contribution in [2.75, 3.05) is 6.61 Å². The Labute approximate surface area is 137 Å². The number of benzene rings is 2. The lowest BCUT2D eigenvalue weighted by Crippen LogP contribution is -2.30. The van der Waals surface area contributed by atoms with Crippen LogP contribution in [0, 0.1) is 17.0 Å². The van der Waals surface area contributed by atoms with E-state index in [1.54, 1.807) is 31.2 Å². The van der Waals surface area contributed by atoms with Crippen molar-refractivity contribution in [2.24, 2.45) is 0 Å². The van der Waals surface area contributed by atoms with Gasteiger partial charge in [0.1, 0.15) is 0 Å². The van der Waals surface area contributed by atoms with Crippen molar-refractivity contribution in [1.82, 2.24) is 5.32 Å². The quantitative estimate of drug-likeness (QED) is 0.649. The summed E-state index contributed by atoms with van der Waals surface area (Å²) in [6, 6.07) is 10.3. The molecule has 0 saturated heterocycles. The number of carbonyl (C=O) groups excluding carboxylic acids is 1. The van der Waals surface area contributed by atoms with Gasteiger partial charge in [-0.25, -0.2) is 0 Å². The van der Waals surface area contributed by atoms with Crippen LogP contribution in [0.25, 0.3) is 0 Å². The van der Waals surface area contributed by atoms with E-state index in [0.29, 0.717) is 21.7 Å². The summed E-state index contributed by atoms with van der Waals surface area (Å²) in [4.78, 5) is 22.6. The lowest BCUT2D eigenvalue weighted by Gasteiger charge is -2.17. The molecule has 6 nitrogen and oxygen atoms in total. The second kappa shape index (κ2) is 7.21. The lowest BCUT2D eigenvalue weighted by molar-refractivity contribution is -0.385. The highest BCUT2D eigenvalue weighted by atomic mass is 35.5. The van der Waals surface area contributed by atoms with Gasteiger partial charge in [-0.15, -0.1) is 0 Å². The minimum atomic E-state index is -0.588. The van der Waals surface area contributed by atoms with E-state index in [-0.39, 0.29) is 12.3 Å². The summed E-state index contributed by atoms with van der Waals surface area (Å²) >= 11 is 5.81. The zero-order valence-electron chi connectivity index (χ0n) is 12.3. The Hall–Kier alpha value is -2.44. The predicted octanol–water partition coefficient (Wildman–Crippen LogP) is 3.02. The fourth-order valence-corrected chi connectivity index (χ4v) is 2.30. The fourth-order valence-electron chi connectivity index (χ4n) is 2.17. The van der Waals surface area contributed by atoms with Gasteiger partial charge in [0.05, 0.1) is 17.6 Å². The molecule has 2 N–H and O–H groups in total. The van der Waals surface area contributed by atoms with E-state index in [1.807, 2.05) is 0 Å². The van der Waals surface area contributed by atoms with Crippen LogP contribution in [0.5, 0.6) is 0 Å². The van der Waals surface area contributed by atoms with E-state index in [0.717, 1.165) is 0 Å². The van der Waals surface area contributed by atoms with Gasteiger partial charge in [0.2, 0.25) is 0 Å². The molecule has 0 saturated carbocycles. The van der Waals surface area contributed by atoms with Gasteiger partial charge in [-0.05, 0) is 36.8 Å². The largest absolute Gasteiger partial charge is 0.394 e. The van der Waals surface area contributed by atoms with E-state index < -0.39 is 16.9 Å². The summed E-state index contributed by atoms with van der Waals surface area (Å²) in [7, 11) is 0. The molecule has 2 aromatic carbocycles. The van der Waals surface area contributed by atoms with Gasteiger partial charge in [-0.2, -0.15) is 0 Å². The molecule has 120 valence electrons. The zero-order chi connectivity index (χ0) is 17.0. The number of aliphatic hydroxyl groups is 1. The van der Waals surface area contributed by atoms with Crippen molar-refractivity contribution in [1.29, 1.82) is 0 Å². The Bertz CT molecular complexity index is 731. The second-order valence-electron chi connectivity index (χ2n) is 5.02. The Morgan fingerprint density at radius 1 is 1.30 bits per heavy atom. The summed E-state index contributed by atoms with van der Waals surface area (Å²) in [5.41, 5.74) is 1.36. The highest BCUT2D eigenvalue weighted by molar-refractivity contribution is 6.30. The number of carbonyl (C=O) groups is 1. The first kappa shape index (κ1) is 16.9. The molecule has 0 aliphatic heterocycles. The van der Waals surface area contributed by atoms with Gasteiger partial charge in [0.25, 0.3) is 11.6 Å². The van der Waals surface area contributed by atoms with Crippen LogP contribution in [0.2, 0.25) is 5.02 Å². The maximum Gasteiger partial charge on any atom is 0.272 e. The minimum absolute atomic E-state index is 0.0436. The first-order valence-electron chi connectivity index (χ1n) is 6.84. The lowest BCUT2D eigenvalue weighted by atomic mass is 10.1. The molecule has 0 heterocycles. The predicted molar refractivity (Wildman–Crippen MR) is 86.6 cm³/mol. The maximum absolute atomic E-state index is 12.3. The molecule has 0 bridgehead atoms. The first-order valence-corrected chi connectivity index (χ1v) is 7.22. The second-order valence-corrected chi connectivity index (χ2v) is 5.45. The third-order valence-electron chi connectivity index (χ3n) is 3.42. The Balaban J connectivity index is 2.18. The zero-order valence-corrected chi connectivity index (χ0v) is 13.1. The number of hydrogen-bond donors (Lipinski definition) is 2. The number of nitro groups is 1. The molecule has 0 spiro atoms. The van der Waals surface area contributed by atoms with Gasteiger partial charge in [-0.1, -0.05) is 23.7 Å². The van der Waals surface area contributed by atoms with Crippen molar-refractivity contribution in [3.05, 3.63) is 74.3 Å². The van der Waals surface area contributed by atoms with Crippen molar-refractivity contribution < 1.29 is 14.8 Å². The maximum atomic E-state index is 12.3. The van der Waals surface area contributed by atoms with Crippen molar-refractivity contribution in [3.8, 4) is 0 Å². The molecule has 23 heavy (non-hydrogen) atoms. The molecule has 2 aromatic rings. The SMILES string of the molecule is Cc1cc(C(=O)NC(CO)c2ccc(Cl)cc2)ccc1[N+](=O)[O-]. The summed E-state index contributed by atoms with van der Waals surface area (Å²) in [5.74, 6) is -0.419. The van der Waals surface area contributed by atoms with E-state index in [4.69, 9.17) is 11.6 Å². The number of nitrogens with one attached hydrogen (secondary N) is 1. The number of aliphatic hydroxyl groups excluding tert-OH is 1. The van der Waals surface area contributed by atoms with Crippen LogP contribution in [0.3, 0.4) is 0 Å². The summed E-state index contributed by atoms with van der Waals surface area (Å²) in [6.07, 6.45) is 0. The van der Waals surface area contributed by atoms with E-state index >= 15 is 0 Å². The van der Waals surface area contributed by atoms with Crippen LogP contribution < -0.4 is 5.32 Å². The molecule has 0 radical (unpaired) electrons. The highest BCUT2D eigenvalue weighted by Crippen LogP contribution is 2.20. The molecular formula is C16H15ClN2O4. The Morgan fingerprint density at radius 2 is 1.96 bits per heavy atom. The molecule has 0 aromatic heterocycles. The summed E-state index contributed by atoms with van der Waals surface area (Å²) in [6.45, 7) is 1.29. The number of nitrogens with zero attached hydrogens (tertiary/aromatic N) is 1. The van der Waals surface area contributed by atoms with Crippen LogP contribution in [0.1, 0.15) is 27.5 Å². The monoisotopic (exact) mass is 334 g/mol. The minimum Gasteiger partial charge on any atom is -0.394 e. The fraction of sp³-hybridized carbons (Fsp3) is 0.188. The van der Waals surface area contributed by atoms with Crippen LogP contribution >= 0.6 is 11.6 Å². The molecule has 0 fully saturated rings. The third-order valence-corrected chi connectivity index (χ3v) is 3.67. The molecular weight excluding hydrogens is 320 g/mol. The number of nitro benzene ring substituents is 1. The van der Waals surface area contributed by atoms with Gasteiger partial charge in [0, 0.05) is 22.2 Å². The molecule has 1 atom stereocenters. The Kier molecular flexibility index (Phi) is 5.31. The Morgan fingerprint density at radius 3 is 2.48 bits per heavy atom. The number of aryl methyl sites for hydroxylation is 1. The first-order chi connectivity index (χ1) is 10.9. The number of rotatable bonds is 5. The van der Waals surface area contributed by atoms with Crippen LogP contribution in [0.15, 0.2) is 42.5 Å². The highest BCUT2D eigenvalue weighted by Gasteiger charge is 2.17. The van der Waals surface area contributed by atoms with Crippen molar-refractivity contribution >= 4 is 23.2 Å². The molecule has 0 aliphatic rings. The average molecular weight is 335 g/mol. The smallest absolute Gasteiger partial charge is 0.272 e. The number of hydrogen-bond acceptors (Lipinski definition) is 4. The topological polar surface area (TPSA) is 92.5 Å². The van der Waals surface area contributed by atoms with Crippen LogP contribution in [-0.4, -0.2) is 22.5 Å². The number of halogens is 1. The summed E-state index contributed by atoms with van der Waals surface area (Å²) in [5, 5.41) is 23.5. The molecule has 2 rings (SSSR count). The van der Waals surface area contributed by atoms with Crippen LogP contribution in [0.4, 0.5) is 5.69 Å². The molecule has 1 amide bonds. The van der Waals surface area contributed by atoms with E-state index in [9.17, 15) is 20.0 Å². The van der Waals surface area contributed by atoms with Crippen LogP contribution in [-0.2, 0) is 0 Å². The van der Waals surface area contributed by atoms with Gasteiger partial charge < -0.3 is 10.4 Å². The molecule has 1 unspecified atom stereocenters. The average Bonchev–Trinajstić information content (AvgIpc) is 2.52. The van der Waals surface area contributed by atoms with Crippen molar-refractivity contribution in [2.45, 2.75) is 13.0 Å². The van der Waals surface area contributed by atoms with Gasteiger partial charge in [0.15, 0.2) is 0 Å². The normalized spacial score (nSPS) is 11.8. The standard InChI is InChI=1S/C16H15ClN2O4/c1-10-8-12(4-7-15(10)19(22)23)16(21)18-14(9-20)11-2-5-13(17)6-3-11/h2-8,14,20H,9H2,1H3,(H,18,21). The van der Waals surface area contributed by atoms with Gasteiger partial charge in [-0.3, -0.25) is 14.9 Å².